The number of likely N-dealkylation sites (tertiary alicyclic amines) is 2. The van der Waals surface area contributed by atoms with Gasteiger partial charge >= 0.3 is 0 Å². The van der Waals surface area contributed by atoms with Crippen LogP contribution in [0.2, 0.25) is 5.02 Å². The third-order valence-corrected chi connectivity index (χ3v) is 6.01. The normalized spacial score (nSPS) is 28.6. The number of hydrogen-bond acceptors (Lipinski definition) is 3. The highest BCUT2D eigenvalue weighted by Gasteiger charge is 2.48. The van der Waals surface area contributed by atoms with Crippen LogP contribution >= 0.6 is 11.6 Å². The topological polar surface area (TPSA) is 30.3 Å². The van der Waals surface area contributed by atoms with Crippen LogP contribution in [0.15, 0.2) is 18.2 Å². The second-order valence-electron chi connectivity index (χ2n) is 8.50. The first-order valence-electron chi connectivity index (χ1n) is 8.96. The van der Waals surface area contributed by atoms with Gasteiger partial charge in [-0.05, 0) is 61.9 Å². The van der Waals surface area contributed by atoms with Crippen LogP contribution < -0.4 is 0 Å². The van der Waals surface area contributed by atoms with Gasteiger partial charge in [0, 0.05) is 17.6 Å². The molecule has 3 rings (SSSR count). The third kappa shape index (κ3) is 3.33. The SMILES string of the molecule is CN1CCCC2CC(C(C)(C)C)N(Cc3ccc(Cl)cc3C#N)C21. The summed E-state index contributed by atoms with van der Waals surface area (Å²) in [5.74, 6) is 0.741. The van der Waals surface area contributed by atoms with Crippen molar-refractivity contribution in [1.29, 1.82) is 5.26 Å². The van der Waals surface area contributed by atoms with E-state index in [1.165, 1.54) is 25.8 Å². The standard InChI is InChI=1S/C20H28ClN3/c1-20(2,3)18-11-14-6-5-9-23(4)19(14)24(18)13-15-7-8-17(21)10-16(15)12-22/h7-8,10,14,18-19H,5-6,9,11,13H2,1-4H3. The van der Waals surface area contributed by atoms with Crippen molar-refractivity contribution in [3.63, 3.8) is 0 Å². The number of fused-ring (bicyclic) bond motifs is 1. The van der Waals surface area contributed by atoms with E-state index in [4.69, 9.17) is 11.6 Å². The fourth-order valence-corrected chi connectivity index (χ4v) is 4.83. The Balaban J connectivity index is 1.94. The highest BCUT2D eigenvalue weighted by molar-refractivity contribution is 6.30. The minimum absolute atomic E-state index is 0.234. The third-order valence-electron chi connectivity index (χ3n) is 5.77. The molecule has 2 heterocycles. The number of rotatable bonds is 2. The second-order valence-corrected chi connectivity index (χ2v) is 8.94. The molecule has 2 aliphatic heterocycles. The summed E-state index contributed by atoms with van der Waals surface area (Å²) >= 11 is 6.07. The van der Waals surface area contributed by atoms with Crippen LogP contribution in [0.3, 0.4) is 0 Å². The van der Waals surface area contributed by atoms with Gasteiger partial charge in [-0.1, -0.05) is 38.4 Å². The molecule has 3 nitrogen and oxygen atoms in total. The predicted molar refractivity (Wildman–Crippen MR) is 98.7 cm³/mol. The summed E-state index contributed by atoms with van der Waals surface area (Å²) in [6.45, 7) is 9.02. The van der Waals surface area contributed by atoms with Gasteiger partial charge in [0.15, 0.2) is 0 Å². The highest BCUT2D eigenvalue weighted by Crippen LogP contribution is 2.44. The van der Waals surface area contributed by atoms with Gasteiger partial charge in [0.25, 0.3) is 0 Å². The molecule has 3 unspecified atom stereocenters. The number of nitrogens with zero attached hydrogens (tertiary/aromatic N) is 3. The molecule has 2 saturated heterocycles. The lowest BCUT2D eigenvalue weighted by molar-refractivity contribution is -0.0000150. The molecule has 130 valence electrons. The molecule has 24 heavy (non-hydrogen) atoms. The van der Waals surface area contributed by atoms with Crippen LogP contribution in [0.4, 0.5) is 0 Å². The number of benzene rings is 1. The van der Waals surface area contributed by atoms with E-state index in [0.29, 0.717) is 22.8 Å². The van der Waals surface area contributed by atoms with Crippen LogP contribution in [0.1, 0.15) is 51.2 Å². The van der Waals surface area contributed by atoms with Crippen molar-refractivity contribution < 1.29 is 0 Å². The van der Waals surface area contributed by atoms with E-state index in [0.717, 1.165) is 18.0 Å². The Hall–Kier alpha value is -1.08. The van der Waals surface area contributed by atoms with Crippen LogP contribution in [0.5, 0.6) is 0 Å². The summed E-state index contributed by atoms with van der Waals surface area (Å²) in [6.07, 6.45) is 4.37. The fourth-order valence-electron chi connectivity index (χ4n) is 4.66. The molecule has 0 radical (unpaired) electrons. The monoisotopic (exact) mass is 345 g/mol. The molecule has 0 aliphatic carbocycles. The van der Waals surface area contributed by atoms with Gasteiger partial charge in [-0.3, -0.25) is 9.80 Å². The minimum atomic E-state index is 0.234. The van der Waals surface area contributed by atoms with Crippen molar-refractivity contribution in [1.82, 2.24) is 9.80 Å². The Bertz CT molecular complexity index is 641. The molecule has 0 amide bonds. The van der Waals surface area contributed by atoms with Gasteiger partial charge in [-0.2, -0.15) is 5.26 Å². The Morgan fingerprint density at radius 3 is 2.75 bits per heavy atom. The van der Waals surface area contributed by atoms with E-state index in [9.17, 15) is 5.26 Å². The molecule has 0 N–H and O–H groups in total. The summed E-state index contributed by atoms with van der Waals surface area (Å²) < 4.78 is 0. The van der Waals surface area contributed by atoms with Gasteiger partial charge in [-0.25, -0.2) is 0 Å². The van der Waals surface area contributed by atoms with Crippen LogP contribution in [0.25, 0.3) is 0 Å². The zero-order valence-electron chi connectivity index (χ0n) is 15.2. The lowest BCUT2D eigenvalue weighted by Crippen LogP contribution is -2.52. The number of halogens is 1. The molecule has 0 bridgehead atoms. The van der Waals surface area contributed by atoms with Crippen molar-refractivity contribution >= 4 is 11.6 Å². The van der Waals surface area contributed by atoms with E-state index < -0.39 is 0 Å². The molecular formula is C20H28ClN3. The molecule has 1 aromatic rings. The van der Waals surface area contributed by atoms with Crippen LogP contribution in [0, 0.1) is 22.7 Å². The predicted octanol–water partition coefficient (Wildman–Crippen LogP) is 4.50. The lowest BCUT2D eigenvalue weighted by Gasteiger charge is -2.43. The van der Waals surface area contributed by atoms with E-state index in [1.807, 2.05) is 12.1 Å². The number of nitriles is 1. The first-order chi connectivity index (χ1) is 11.3. The molecule has 0 aromatic heterocycles. The zero-order valence-corrected chi connectivity index (χ0v) is 16.0. The molecule has 1 aromatic carbocycles. The summed E-state index contributed by atoms with van der Waals surface area (Å²) in [5.41, 5.74) is 2.03. The van der Waals surface area contributed by atoms with Crippen molar-refractivity contribution in [3.8, 4) is 6.07 Å². The van der Waals surface area contributed by atoms with E-state index in [2.05, 4.69) is 43.7 Å². The maximum atomic E-state index is 9.49. The average molecular weight is 346 g/mol. The smallest absolute Gasteiger partial charge is 0.0995 e. The zero-order chi connectivity index (χ0) is 17.5. The van der Waals surface area contributed by atoms with Crippen molar-refractivity contribution in [2.24, 2.45) is 11.3 Å². The Kier molecular flexibility index (Phi) is 4.93. The lowest BCUT2D eigenvalue weighted by atomic mass is 9.82. The Morgan fingerprint density at radius 2 is 2.08 bits per heavy atom. The number of piperidine rings is 1. The largest absolute Gasteiger partial charge is 0.291 e. The maximum absolute atomic E-state index is 9.49. The van der Waals surface area contributed by atoms with Gasteiger partial charge in [0.05, 0.1) is 17.8 Å². The molecule has 0 spiro atoms. The Morgan fingerprint density at radius 1 is 1.33 bits per heavy atom. The van der Waals surface area contributed by atoms with E-state index in [1.54, 1.807) is 6.07 Å². The average Bonchev–Trinajstić information content (AvgIpc) is 2.89. The van der Waals surface area contributed by atoms with Crippen LogP contribution in [-0.4, -0.2) is 35.6 Å². The van der Waals surface area contributed by atoms with Crippen molar-refractivity contribution in [2.45, 2.75) is 58.8 Å². The quantitative estimate of drug-likeness (QED) is 0.790. The first-order valence-corrected chi connectivity index (χ1v) is 9.33. The Labute approximate surface area is 151 Å². The first kappa shape index (κ1) is 17.7. The molecule has 3 atom stereocenters. The van der Waals surface area contributed by atoms with Gasteiger partial charge in [0.2, 0.25) is 0 Å². The highest BCUT2D eigenvalue weighted by atomic mass is 35.5. The van der Waals surface area contributed by atoms with Crippen LogP contribution in [-0.2, 0) is 6.54 Å². The molecule has 0 saturated carbocycles. The van der Waals surface area contributed by atoms with Gasteiger partial charge < -0.3 is 0 Å². The number of hydrogen-bond donors (Lipinski definition) is 0. The summed E-state index contributed by atoms with van der Waals surface area (Å²) in [5, 5.41) is 10.1. The van der Waals surface area contributed by atoms with E-state index in [-0.39, 0.29) is 5.41 Å². The van der Waals surface area contributed by atoms with Crippen molar-refractivity contribution in [3.05, 3.63) is 34.3 Å². The second kappa shape index (κ2) is 6.67. The maximum Gasteiger partial charge on any atom is 0.0995 e. The van der Waals surface area contributed by atoms with E-state index >= 15 is 0 Å². The molecule has 2 aliphatic rings. The molecule has 4 heteroatoms. The minimum Gasteiger partial charge on any atom is -0.291 e. The summed E-state index contributed by atoms with van der Waals surface area (Å²) in [4.78, 5) is 5.16. The molecular weight excluding hydrogens is 318 g/mol. The summed E-state index contributed by atoms with van der Waals surface area (Å²) in [7, 11) is 2.25. The van der Waals surface area contributed by atoms with Crippen molar-refractivity contribution in [2.75, 3.05) is 13.6 Å². The molecule has 2 fully saturated rings. The summed E-state index contributed by atoms with van der Waals surface area (Å²) in [6, 6.07) is 8.58. The van der Waals surface area contributed by atoms with Gasteiger partial charge in [-0.15, -0.1) is 0 Å². The fraction of sp³-hybridized carbons (Fsp3) is 0.650. The van der Waals surface area contributed by atoms with Gasteiger partial charge in [0.1, 0.15) is 0 Å².